The first-order valence-electron chi connectivity index (χ1n) is 9.46. The smallest absolute Gasteiger partial charge is 0.307 e. The predicted molar refractivity (Wildman–Crippen MR) is 107 cm³/mol. The maximum atomic E-state index is 12.5. The minimum absolute atomic E-state index is 0.202. The maximum absolute atomic E-state index is 12.5. The van der Waals surface area contributed by atoms with E-state index >= 15 is 0 Å². The van der Waals surface area contributed by atoms with Crippen molar-refractivity contribution in [2.45, 2.75) is 32.6 Å². The number of amides is 2. The molecule has 0 saturated heterocycles. The first-order valence-corrected chi connectivity index (χ1v) is 9.46. The summed E-state index contributed by atoms with van der Waals surface area (Å²) in [6.07, 6.45) is 2.84. The Morgan fingerprint density at radius 3 is 2.11 bits per heavy atom. The van der Waals surface area contributed by atoms with Crippen LogP contribution in [0.3, 0.4) is 0 Å². The van der Waals surface area contributed by atoms with Gasteiger partial charge in [-0.25, -0.2) is 0 Å². The number of carboxylic acid groups (broad SMARTS) is 1. The molecule has 3 N–H and O–H groups in total. The number of hydrogen-bond donors (Lipinski definition) is 3. The van der Waals surface area contributed by atoms with Crippen molar-refractivity contribution in [3.63, 3.8) is 0 Å². The van der Waals surface area contributed by atoms with Crippen LogP contribution in [-0.2, 0) is 9.59 Å². The van der Waals surface area contributed by atoms with Crippen LogP contribution in [-0.4, -0.2) is 22.9 Å². The summed E-state index contributed by atoms with van der Waals surface area (Å²) in [4.78, 5) is 36.2. The van der Waals surface area contributed by atoms with E-state index in [1.807, 2.05) is 25.1 Å². The summed E-state index contributed by atoms with van der Waals surface area (Å²) in [6, 6.07) is 14.1. The number of rotatable bonds is 5. The number of hydrogen-bond acceptors (Lipinski definition) is 3. The highest BCUT2D eigenvalue weighted by Crippen LogP contribution is 2.31. The summed E-state index contributed by atoms with van der Waals surface area (Å²) in [6.45, 7) is 1.93. The van der Waals surface area contributed by atoms with Crippen LogP contribution in [0.15, 0.2) is 48.5 Å². The fraction of sp³-hybridized carbons (Fsp3) is 0.318. The Hall–Kier alpha value is -3.15. The SMILES string of the molecule is Cc1cccc(C(=O)Nc2ccc(NC(=O)C3CCCCC3C(=O)O)cc2)c1. The van der Waals surface area contributed by atoms with E-state index in [2.05, 4.69) is 10.6 Å². The Morgan fingerprint density at radius 1 is 0.893 bits per heavy atom. The Kier molecular flexibility index (Phi) is 6.09. The number of aliphatic carboxylic acids is 1. The number of carbonyl (C=O) groups excluding carboxylic acids is 2. The molecule has 0 spiro atoms. The second-order valence-electron chi connectivity index (χ2n) is 7.23. The van der Waals surface area contributed by atoms with Crippen molar-refractivity contribution in [1.82, 2.24) is 0 Å². The van der Waals surface area contributed by atoms with Gasteiger partial charge in [0.05, 0.1) is 11.8 Å². The van der Waals surface area contributed by atoms with Crippen LogP contribution in [0.4, 0.5) is 11.4 Å². The Balaban J connectivity index is 1.61. The molecule has 28 heavy (non-hydrogen) atoms. The molecule has 1 aliphatic carbocycles. The fourth-order valence-corrected chi connectivity index (χ4v) is 3.60. The lowest BCUT2D eigenvalue weighted by atomic mass is 9.78. The Morgan fingerprint density at radius 2 is 1.50 bits per heavy atom. The van der Waals surface area contributed by atoms with E-state index in [1.165, 1.54) is 0 Å². The average Bonchev–Trinajstić information content (AvgIpc) is 2.69. The number of anilines is 2. The molecule has 6 nitrogen and oxygen atoms in total. The van der Waals surface area contributed by atoms with Gasteiger partial charge in [0.1, 0.15) is 0 Å². The van der Waals surface area contributed by atoms with Crippen LogP contribution in [0, 0.1) is 18.8 Å². The monoisotopic (exact) mass is 380 g/mol. The molecule has 0 radical (unpaired) electrons. The van der Waals surface area contributed by atoms with Crippen LogP contribution in [0.2, 0.25) is 0 Å². The highest BCUT2D eigenvalue weighted by molar-refractivity contribution is 6.04. The number of benzene rings is 2. The van der Waals surface area contributed by atoms with Gasteiger partial charge < -0.3 is 15.7 Å². The van der Waals surface area contributed by atoms with Gasteiger partial charge in [0.2, 0.25) is 5.91 Å². The maximum Gasteiger partial charge on any atom is 0.307 e. The highest BCUT2D eigenvalue weighted by atomic mass is 16.4. The summed E-state index contributed by atoms with van der Waals surface area (Å²) in [5, 5.41) is 15.0. The van der Waals surface area contributed by atoms with E-state index in [0.717, 1.165) is 18.4 Å². The topological polar surface area (TPSA) is 95.5 Å². The summed E-state index contributed by atoms with van der Waals surface area (Å²) in [5.41, 5.74) is 2.78. The first kappa shape index (κ1) is 19.6. The zero-order valence-corrected chi connectivity index (χ0v) is 15.8. The molecule has 1 saturated carbocycles. The van der Waals surface area contributed by atoms with Gasteiger partial charge in [-0.2, -0.15) is 0 Å². The van der Waals surface area contributed by atoms with Crippen molar-refractivity contribution < 1.29 is 19.5 Å². The quantitative estimate of drug-likeness (QED) is 0.728. The van der Waals surface area contributed by atoms with Crippen molar-refractivity contribution in [1.29, 1.82) is 0 Å². The van der Waals surface area contributed by atoms with E-state index in [9.17, 15) is 19.5 Å². The van der Waals surface area contributed by atoms with Crippen molar-refractivity contribution in [2.75, 3.05) is 10.6 Å². The lowest BCUT2D eigenvalue weighted by Crippen LogP contribution is -2.36. The molecule has 0 aliphatic heterocycles. The summed E-state index contributed by atoms with van der Waals surface area (Å²) >= 11 is 0. The standard InChI is InChI=1S/C22H24N2O4/c1-14-5-4-6-15(13-14)20(25)23-16-9-11-17(12-10-16)24-21(26)18-7-2-3-8-19(18)22(27)28/h4-6,9-13,18-19H,2-3,7-8H2,1H3,(H,23,25)(H,24,26)(H,27,28). The molecule has 0 bridgehead atoms. The number of nitrogens with one attached hydrogen (secondary N) is 2. The van der Waals surface area contributed by atoms with Crippen LogP contribution in [0.5, 0.6) is 0 Å². The van der Waals surface area contributed by atoms with Crippen molar-refractivity contribution in [3.05, 3.63) is 59.7 Å². The molecule has 2 unspecified atom stereocenters. The third kappa shape index (κ3) is 4.76. The minimum atomic E-state index is -0.908. The second kappa shape index (κ2) is 8.69. The number of aryl methyl sites for hydroxylation is 1. The average molecular weight is 380 g/mol. The van der Waals surface area contributed by atoms with Crippen LogP contribution in [0.1, 0.15) is 41.6 Å². The van der Waals surface area contributed by atoms with Gasteiger partial charge in [0.15, 0.2) is 0 Å². The third-order valence-corrected chi connectivity index (χ3v) is 5.11. The largest absolute Gasteiger partial charge is 0.481 e. The molecule has 3 rings (SSSR count). The zero-order valence-electron chi connectivity index (χ0n) is 15.8. The van der Waals surface area contributed by atoms with Crippen molar-refractivity contribution in [2.24, 2.45) is 11.8 Å². The molecule has 0 aromatic heterocycles. The van der Waals surface area contributed by atoms with Gasteiger partial charge in [-0.3, -0.25) is 14.4 Å². The molecule has 2 atom stereocenters. The van der Waals surface area contributed by atoms with Gasteiger partial charge >= 0.3 is 5.97 Å². The Labute approximate surface area is 164 Å². The minimum Gasteiger partial charge on any atom is -0.481 e. The summed E-state index contributed by atoms with van der Waals surface area (Å²) in [5.74, 6) is -2.50. The highest BCUT2D eigenvalue weighted by Gasteiger charge is 2.35. The predicted octanol–water partition coefficient (Wildman–Crippen LogP) is 4.08. The zero-order chi connectivity index (χ0) is 20.1. The second-order valence-corrected chi connectivity index (χ2v) is 7.23. The van der Waals surface area contributed by atoms with Crippen LogP contribution in [0.25, 0.3) is 0 Å². The van der Waals surface area contributed by atoms with E-state index in [4.69, 9.17) is 0 Å². The van der Waals surface area contributed by atoms with Gasteiger partial charge in [-0.05, 0) is 56.2 Å². The molecule has 6 heteroatoms. The molecule has 0 heterocycles. The third-order valence-electron chi connectivity index (χ3n) is 5.11. The van der Waals surface area contributed by atoms with Crippen molar-refractivity contribution in [3.8, 4) is 0 Å². The molecule has 2 aromatic rings. The van der Waals surface area contributed by atoms with Crippen molar-refractivity contribution >= 4 is 29.2 Å². The normalized spacial score (nSPS) is 18.9. The van der Waals surface area contributed by atoms with Gasteiger partial charge in [0, 0.05) is 16.9 Å². The molecule has 1 fully saturated rings. The lowest BCUT2D eigenvalue weighted by molar-refractivity contribution is -0.147. The van der Waals surface area contributed by atoms with Crippen LogP contribution >= 0.6 is 0 Å². The first-order chi connectivity index (χ1) is 13.4. The molecule has 1 aliphatic rings. The summed E-state index contributed by atoms with van der Waals surface area (Å²) in [7, 11) is 0. The molecule has 2 aromatic carbocycles. The van der Waals surface area contributed by atoms with Gasteiger partial charge in [-0.1, -0.05) is 30.5 Å². The summed E-state index contributed by atoms with van der Waals surface area (Å²) < 4.78 is 0. The van der Waals surface area contributed by atoms with E-state index in [0.29, 0.717) is 29.8 Å². The van der Waals surface area contributed by atoms with E-state index in [1.54, 1.807) is 30.3 Å². The lowest BCUT2D eigenvalue weighted by Gasteiger charge is -2.27. The molecule has 146 valence electrons. The van der Waals surface area contributed by atoms with Crippen LogP contribution < -0.4 is 10.6 Å². The number of carboxylic acids is 1. The fourth-order valence-electron chi connectivity index (χ4n) is 3.60. The van der Waals surface area contributed by atoms with E-state index < -0.39 is 17.8 Å². The van der Waals surface area contributed by atoms with E-state index in [-0.39, 0.29) is 11.8 Å². The van der Waals surface area contributed by atoms with Gasteiger partial charge in [-0.15, -0.1) is 0 Å². The molecular weight excluding hydrogens is 356 g/mol. The molecule has 2 amide bonds. The number of carbonyl (C=O) groups is 3. The van der Waals surface area contributed by atoms with Gasteiger partial charge in [0.25, 0.3) is 5.91 Å². The molecular formula is C22H24N2O4. The Bertz CT molecular complexity index is 876.